The summed E-state index contributed by atoms with van der Waals surface area (Å²) >= 11 is 0. The fourth-order valence-corrected chi connectivity index (χ4v) is 1.12. The Morgan fingerprint density at radius 1 is 1.50 bits per heavy atom. The summed E-state index contributed by atoms with van der Waals surface area (Å²) in [4.78, 5) is 20.7. The molecule has 0 unspecified atom stereocenters. The second-order valence-electron chi connectivity index (χ2n) is 3.06. The number of rotatable bonds is 5. The Balaban J connectivity index is 2.53. The third-order valence-electron chi connectivity index (χ3n) is 1.80. The maximum atomic E-state index is 10.6. The first-order valence-electron chi connectivity index (χ1n) is 4.72. The van der Waals surface area contributed by atoms with Crippen LogP contribution in [-0.2, 0) is 4.79 Å². The van der Waals surface area contributed by atoms with Crippen LogP contribution in [-0.4, -0.2) is 24.0 Å². The molecule has 0 atom stereocenters. The molecule has 16 heavy (non-hydrogen) atoms. The Morgan fingerprint density at radius 3 is 2.81 bits per heavy atom. The monoisotopic (exact) mass is 224 g/mol. The predicted molar refractivity (Wildman–Crippen MR) is 57.3 cm³/mol. The highest BCUT2D eigenvalue weighted by atomic mass is 16.6. The molecule has 0 heterocycles. The van der Waals surface area contributed by atoms with Crippen LogP contribution in [0, 0.1) is 10.1 Å². The standard InChI is InChI=1S/C10H12N2O4/c1-8(13)11-6-7-16-10-5-3-2-4-9(10)12(14)15/h2-5H,6-7H2,1H3,(H,11,13). The van der Waals surface area contributed by atoms with Gasteiger partial charge in [-0.3, -0.25) is 14.9 Å². The minimum absolute atomic E-state index is 0.0784. The average molecular weight is 224 g/mol. The maximum Gasteiger partial charge on any atom is 0.310 e. The number of nitrogens with one attached hydrogen (secondary N) is 1. The van der Waals surface area contributed by atoms with Crippen molar-refractivity contribution >= 4 is 11.6 Å². The van der Waals surface area contributed by atoms with Crippen LogP contribution in [0.15, 0.2) is 24.3 Å². The van der Waals surface area contributed by atoms with Crippen LogP contribution < -0.4 is 10.1 Å². The molecule has 0 aromatic heterocycles. The van der Waals surface area contributed by atoms with Crippen molar-refractivity contribution in [2.24, 2.45) is 0 Å². The van der Waals surface area contributed by atoms with Crippen molar-refractivity contribution in [3.63, 3.8) is 0 Å². The second kappa shape index (κ2) is 5.69. The molecule has 0 aliphatic rings. The summed E-state index contributed by atoms with van der Waals surface area (Å²) in [7, 11) is 0. The lowest BCUT2D eigenvalue weighted by molar-refractivity contribution is -0.385. The van der Waals surface area contributed by atoms with E-state index in [0.29, 0.717) is 6.54 Å². The van der Waals surface area contributed by atoms with E-state index in [1.54, 1.807) is 12.1 Å². The van der Waals surface area contributed by atoms with Gasteiger partial charge in [0.15, 0.2) is 5.75 Å². The van der Waals surface area contributed by atoms with Crippen molar-refractivity contribution in [2.75, 3.05) is 13.2 Å². The highest BCUT2D eigenvalue weighted by Crippen LogP contribution is 2.25. The Morgan fingerprint density at radius 2 is 2.19 bits per heavy atom. The largest absolute Gasteiger partial charge is 0.485 e. The van der Waals surface area contributed by atoms with Gasteiger partial charge in [0.25, 0.3) is 0 Å². The lowest BCUT2D eigenvalue weighted by atomic mass is 10.3. The molecule has 0 saturated heterocycles. The van der Waals surface area contributed by atoms with Gasteiger partial charge in [0.05, 0.1) is 11.5 Å². The summed E-state index contributed by atoms with van der Waals surface area (Å²) in [5.74, 6) is 0.0454. The number of carbonyl (C=O) groups is 1. The van der Waals surface area contributed by atoms with Gasteiger partial charge in [0, 0.05) is 13.0 Å². The van der Waals surface area contributed by atoms with Crippen LogP contribution in [0.3, 0.4) is 0 Å². The van der Waals surface area contributed by atoms with E-state index in [9.17, 15) is 14.9 Å². The Labute approximate surface area is 92.4 Å². The van der Waals surface area contributed by atoms with Gasteiger partial charge in [-0.25, -0.2) is 0 Å². The molecule has 0 fully saturated rings. The molecule has 0 spiro atoms. The minimum Gasteiger partial charge on any atom is -0.485 e. The van der Waals surface area contributed by atoms with Gasteiger partial charge < -0.3 is 10.1 Å². The first-order chi connectivity index (χ1) is 7.61. The number of ether oxygens (including phenoxy) is 1. The molecule has 1 aromatic carbocycles. The van der Waals surface area contributed by atoms with Gasteiger partial charge in [0.2, 0.25) is 5.91 Å². The van der Waals surface area contributed by atoms with Crippen molar-refractivity contribution in [1.29, 1.82) is 0 Å². The Kier molecular flexibility index (Phi) is 4.26. The van der Waals surface area contributed by atoms with E-state index >= 15 is 0 Å². The number of hydrogen-bond donors (Lipinski definition) is 1. The van der Waals surface area contributed by atoms with E-state index in [2.05, 4.69) is 5.32 Å². The van der Waals surface area contributed by atoms with Gasteiger partial charge >= 0.3 is 5.69 Å². The Bertz CT molecular complexity index is 392. The van der Waals surface area contributed by atoms with Crippen LogP contribution in [0.2, 0.25) is 0 Å². The van der Waals surface area contributed by atoms with Gasteiger partial charge in [-0.2, -0.15) is 0 Å². The molecule has 6 heteroatoms. The molecular formula is C10H12N2O4. The number of nitro groups is 1. The van der Waals surface area contributed by atoms with Gasteiger partial charge in [0.1, 0.15) is 6.61 Å². The van der Waals surface area contributed by atoms with Crippen molar-refractivity contribution in [3.05, 3.63) is 34.4 Å². The number of nitrogens with zero attached hydrogens (tertiary/aromatic N) is 1. The number of amides is 1. The van der Waals surface area contributed by atoms with Gasteiger partial charge in [-0.05, 0) is 6.07 Å². The number of para-hydroxylation sites is 2. The van der Waals surface area contributed by atoms with Crippen molar-refractivity contribution in [2.45, 2.75) is 6.92 Å². The van der Waals surface area contributed by atoms with Crippen molar-refractivity contribution in [1.82, 2.24) is 5.32 Å². The SMILES string of the molecule is CC(=O)NCCOc1ccccc1[N+](=O)[O-]. The normalized spacial score (nSPS) is 9.56. The number of nitro benzene ring substituents is 1. The van der Waals surface area contributed by atoms with Crippen LogP contribution in [0.1, 0.15) is 6.92 Å². The molecule has 0 bridgehead atoms. The fourth-order valence-electron chi connectivity index (χ4n) is 1.12. The zero-order chi connectivity index (χ0) is 12.0. The summed E-state index contributed by atoms with van der Waals surface area (Å²) in [5, 5.41) is 13.1. The van der Waals surface area contributed by atoms with Crippen LogP contribution in [0.5, 0.6) is 5.75 Å². The van der Waals surface area contributed by atoms with E-state index in [-0.39, 0.29) is 24.0 Å². The lowest BCUT2D eigenvalue weighted by Crippen LogP contribution is -2.25. The number of hydrogen-bond acceptors (Lipinski definition) is 4. The van der Waals surface area contributed by atoms with E-state index < -0.39 is 4.92 Å². The molecule has 0 aliphatic heterocycles. The van der Waals surface area contributed by atoms with E-state index in [4.69, 9.17) is 4.74 Å². The predicted octanol–water partition coefficient (Wildman–Crippen LogP) is 1.11. The molecule has 0 aliphatic carbocycles. The molecular weight excluding hydrogens is 212 g/mol. The van der Waals surface area contributed by atoms with E-state index in [0.717, 1.165) is 0 Å². The third-order valence-corrected chi connectivity index (χ3v) is 1.80. The molecule has 1 N–H and O–H groups in total. The molecule has 1 rings (SSSR count). The Hall–Kier alpha value is -2.11. The minimum atomic E-state index is -0.506. The highest BCUT2D eigenvalue weighted by molar-refractivity contribution is 5.72. The van der Waals surface area contributed by atoms with Crippen molar-refractivity contribution in [3.8, 4) is 5.75 Å². The summed E-state index contributed by atoms with van der Waals surface area (Å²) in [5.41, 5.74) is -0.0784. The fraction of sp³-hybridized carbons (Fsp3) is 0.300. The zero-order valence-electron chi connectivity index (χ0n) is 8.80. The summed E-state index contributed by atoms with van der Waals surface area (Å²) < 4.78 is 5.19. The molecule has 6 nitrogen and oxygen atoms in total. The van der Waals surface area contributed by atoms with Gasteiger partial charge in [-0.1, -0.05) is 12.1 Å². The smallest absolute Gasteiger partial charge is 0.310 e. The van der Waals surface area contributed by atoms with Crippen LogP contribution >= 0.6 is 0 Å². The van der Waals surface area contributed by atoms with E-state index in [1.165, 1.54) is 19.1 Å². The topological polar surface area (TPSA) is 81.5 Å². The van der Waals surface area contributed by atoms with E-state index in [1.807, 2.05) is 0 Å². The quantitative estimate of drug-likeness (QED) is 0.461. The molecule has 86 valence electrons. The second-order valence-corrected chi connectivity index (χ2v) is 3.06. The molecule has 1 aromatic rings. The van der Waals surface area contributed by atoms with Crippen LogP contribution in [0.4, 0.5) is 5.69 Å². The summed E-state index contributed by atoms with van der Waals surface area (Å²) in [6.07, 6.45) is 0. The first-order valence-corrected chi connectivity index (χ1v) is 4.72. The first kappa shape index (κ1) is 12.0. The third kappa shape index (κ3) is 3.56. The zero-order valence-corrected chi connectivity index (χ0v) is 8.80. The van der Waals surface area contributed by atoms with Crippen LogP contribution in [0.25, 0.3) is 0 Å². The summed E-state index contributed by atoms with van der Waals surface area (Å²) in [6.45, 7) is 1.91. The molecule has 0 radical (unpaired) electrons. The summed E-state index contributed by atoms with van der Waals surface area (Å²) in [6, 6.07) is 6.11. The van der Waals surface area contributed by atoms with Crippen molar-refractivity contribution < 1.29 is 14.5 Å². The molecule has 1 amide bonds. The lowest BCUT2D eigenvalue weighted by Gasteiger charge is -2.06. The van der Waals surface area contributed by atoms with Gasteiger partial charge in [-0.15, -0.1) is 0 Å². The molecule has 0 saturated carbocycles. The average Bonchev–Trinajstić information content (AvgIpc) is 2.24. The maximum absolute atomic E-state index is 10.6. The number of benzene rings is 1. The highest BCUT2D eigenvalue weighted by Gasteiger charge is 2.12. The number of carbonyl (C=O) groups excluding carboxylic acids is 1.